The molecule has 0 saturated heterocycles. The standard InChI is InChI=1S/C13H21NO/c1-9-5-12(2)6-10-7-13(8-12,14-15)4-3-11(9)10/h9-11H,3-8H2,1-2H3. The van der Waals surface area contributed by atoms with Crippen LogP contribution in [-0.2, 0) is 0 Å². The number of nitroso groups, excluding NO2 is 1. The molecule has 5 unspecified atom stereocenters. The van der Waals surface area contributed by atoms with E-state index in [0.717, 1.165) is 37.0 Å². The molecule has 0 aliphatic heterocycles. The SMILES string of the molecule is CC1CC2(C)CC3CC(N=O)(CCC13)C2. The molecule has 3 aliphatic rings. The third-order valence-corrected chi connectivity index (χ3v) is 5.44. The molecular weight excluding hydrogens is 186 g/mol. The van der Waals surface area contributed by atoms with Crippen LogP contribution in [0, 0.1) is 28.1 Å². The van der Waals surface area contributed by atoms with Gasteiger partial charge < -0.3 is 0 Å². The normalized spacial score (nSPS) is 57.9. The van der Waals surface area contributed by atoms with Crippen LogP contribution in [0.1, 0.15) is 52.4 Å². The summed E-state index contributed by atoms with van der Waals surface area (Å²) in [5.74, 6) is 2.57. The van der Waals surface area contributed by atoms with Gasteiger partial charge in [-0.2, -0.15) is 4.91 Å². The van der Waals surface area contributed by atoms with Crippen LogP contribution in [0.25, 0.3) is 0 Å². The van der Waals surface area contributed by atoms with Crippen molar-refractivity contribution in [2.75, 3.05) is 0 Å². The quantitative estimate of drug-likeness (QED) is 0.602. The average molecular weight is 207 g/mol. The van der Waals surface area contributed by atoms with E-state index in [1.165, 1.54) is 19.3 Å². The topological polar surface area (TPSA) is 29.4 Å². The number of hydrogen-bond donors (Lipinski definition) is 0. The van der Waals surface area contributed by atoms with Crippen LogP contribution < -0.4 is 0 Å². The van der Waals surface area contributed by atoms with Gasteiger partial charge in [-0.25, -0.2) is 0 Å². The molecule has 84 valence electrons. The molecule has 15 heavy (non-hydrogen) atoms. The minimum Gasteiger partial charge on any atom is -0.150 e. The Bertz CT molecular complexity index is 299. The van der Waals surface area contributed by atoms with Gasteiger partial charge in [-0.1, -0.05) is 19.0 Å². The van der Waals surface area contributed by atoms with Crippen molar-refractivity contribution in [2.24, 2.45) is 28.3 Å². The zero-order chi connectivity index (χ0) is 10.7. The largest absolute Gasteiger partial charge is 0.150 e. The van der Waals surface area contributed by atoms with Crippen molar-refractivity contribution in [3.63, 3.8) is 0 Å². The first-order valence-electron chi connectivity index (χ1n) is 6.40. The molecule has 5 atom stereocenters. The average Bonchev–Trinajstić information content (AvgIpc) is 2.14. The lowest BCUT2D eigenvalue weighted by molar-refractivity contribution is -0.0665. The number of fused-ring (bicyclic) bond motifs is 2. The van der Waals surface area contributed by atoms with Gasteiger partial charge in [0, 0.05) is 0 Å². The molecule has 0 N–H and O–H groups in total. The summed E-state index contributed by atoms with van der Waals surface area (Å²) in [5, 5.41) is 3.54. The Morgan fingerprint density at radius 3 is 2.80 bits per heavy atom. The van der Waals surface area contributed by atoms with Gasteiger partial charge in [0.1, 0.15) is 5.54 Å². The minimum absolute atomic E-state index is 0.158. The van der Waals surface area contributed by atoms with Crippen LogP contribution in [0.3, 0.4) is 0 Å². The van der Waals surface area contributed by atoms with E-state index in [4.69, 9.17) is 0 Å². The van der Waals surface area contributed by atoms with Crippen molar-refractivity contribution in [2.45, 2.75) is 57.9 Å². The van der Waals surface area contributed by atoms with Crippen LogP contribution in [0.15, 0.2) is 5.18 Å². The summed E-state index contributed by atoms with van der Waals surface area (Å²) in [5.41, 5.74) is 0.265. The van der Waals surface area contributed by atoms with E-state index in [1.807, 2.05) is 0 Å². The maximum absolute atomic E-state index is 11.1. The van der Waals surface area contributed by atoms with E-state index in [0.29, 0.717) is 5.41 Å². The lowest BCUT2D eigenvalue weighted by atomic mass is 9.47. The predicted octanol–water partition coefficient (Wildman–Crippen LogP) is 3.75. The Labute approximate surface area is 91.8 Å². The van der Waals surface area contributed by atoms with Crippen molar-refractivity contribution >= 4 is 0 Å². The molecule has 0 aromatic heterocycles. The molecule has 2 nitrogen and oxygen atoms in total. The van der Waals surface area contributed by atoms with Crippen molar-refractivity contribution in [1.29, 1.82) is 0 Å². The van der Waals surface area contributed by atoms with Gasteiger partial charge >= 0.3 is 0 Å². The maximum atomic E-state index is 11.1. The molecule has 0 radical (unpaired) electrons. The zero-order valence-electron chi connectivity index (χ0n) is 9.83. The summed E-state index contributed by atoms with van der Waals surface area (Å²) in [6.07, 6.45) is 7.17. The molecule has 3 fully saturated rings. The van der Waals surface area contributed by atoms with Gasteiger partial charge in [0.15, 0.2) is 0 Å². The van der Waals surface area contributed by atoms with Crippen LogP contribution in [-0.4, -0.2) is 5.54 Å². The monoisotopic (exact) mass is 207 g/mol. The van der Waals surface area contributed by atoms with E-state index in [2.05, 4.69) is 19.0 Å². The van der Waals surface area contributed by atoms with Gasteiger partial charge in [-0.3, -0.25) is 0 Å². The number of hydrogen-bond acceptors (Lipinski definition) is 2. The van der Waals surface area contributed by atoms with E-state index in [9.17, 15) is 4.91 Å². The van der Waals surface area contributed by atoms with Crippen molar-refractivity contribution in [3.05, 3.63) is 4.91 Å². The Morgan fingerprint density at radius 2 is 2.07 bits per heavy atom. The van der Waals surface area contributed by atoms with Crippen molar-refractivity contribution in [1.82, 2.24) is 0 Å². The molecule has 3 aliphatic carbocycles. The Balaban J connectivity index is 1.98. The molecule has 0 aromatic carbocycles. The second kappa shape index (κ2) is 2.83. The highest BCUT2D eigenvalue weighted by atomic mass is 16.3. The molecule has 2 heteroatoms. The first-order valence-corrected chi connectivity index (χ1v) is 6.40. The fraction of sp³-hybridized carbons (Fsp3) is 1.00. The molecule has 0 aromatic rings. The summed E-state index contributed by atoms with van der Waals surface area (Å²) < 4.78 is 0. The highest BCUT2D eigenvalue weighted by Crippen LogP contribution is 2.62. The summed E-state index contributed by atoms with van der Waals surface area (Å²) >= 11 is 0. The second-order valence-corrected chi connectivity index (χ2v) is 6.86. The van der Waals surface area contributed by atoms with Crippen LogP contribution in [0.4, 0.5) is 0 Å². The zero-order valence-corrected chi connectivity index (χ0v) is 9.83. The summed E-state index contributed by atoms with van der Waals surface area (Å²) in [7, 11) is 0. The summed E-state index contributed by atoms with van der Waals surface area (Å²) in [6.45, 7) is 4.80. The van der Waals surface area contributed by atoms with Crippen molar-refractivity contribution in [3.8, 4) is 0 Å². The van der Waals surface area contributed by atoms with Crippen molar-refractivity contribution < 1.29 is 0 Å². The lowest BCUT2D eigenvalue weighted by Gasteiger charge is -2.58. The fourth-order valence-corrected chi connectivity index (χ4v) is 5.24. The second-order valence-electron chi connectivity index (χ2n) is 6.86. The minimum atomic E-state index is -0.158. The van der Waals surface area contributed by atoms with Crippen LogP contribution in [0.2, 0.25) is 0 Å². The molecule has 0 amide bonds. The maximum Gasteiger partial charge on any atom is 0.103 e. The first-order chi connectivity index (χ1) is 7.06. The molecule has 3 saturated carbocycles. The molecule has 3 bridgehead atoms. The highest BCUT2D eigenvalue weighted by molar-refractivity contribution is 5.09. The van der Waals surface area contributed by atoms with E-state index in [-0.39, 0.29) is 5.54 Å². The Hall–Kier alpha value is -0.400. The highest BCUT2D eigenvalue weighted by Gasteiger charge is 2.56. The molecule has 0 spiro atoms. The predicted molar refractivity (Wildman–Crippen MR) is 60.5 cm³/mol. The van der Waals surface area contributed by atoms with Gasteiger partial charge in [0.25, 0.3) is 0 Å². The van der Waals surface area contributed by atoms with Gasteiger partial charge in [0.05, 0.1) is 0 Å². The molecule has 3 rings (SSSR count). The van der Waals surface area contributed by atoms with Crippen LogP contribution in [0.5, 0.6) is 0 Å². The summed E-state index contributed by atoms with van der Waals surface area (Å²) in [6, 6.07) is 0. The Kier molecular flexibility index (Phi) is 1.85. The molecule has 0 heterocycles. The van der Waals surface area contributed by atoms with Crippen LogP contribution >= 0.6 is 0 Å². The van der Waals surface area contributed by atoms with Gasteiger partial charge in [-0.15, -0.1) is 0 Å². The number of rotatable bonds is 1. The van der Waals surface area contributed by atoms with Gasteiger partial charge in [-0.05, 0) is 61.7 Å². The summed E-state index contributed by atoms with van der Waals surface area (Å²) in [4.78, 5) is 11.1. The van der Waals surface area contributed by atoms with E-state index >= 15 is 0 Å². The smallest absolute Gasteiger partial charge is 0.103 e. The molecular formula is C13H21NO. The van der Waals surface area contributed by atoms with Gasteiger partial charge in [0.2, 0.25) is 0 Å². The third-order valence-electron chi connectivity index (χ3n) is 5.44. The Morgan fingerprint density at radius 1 is 1.27 bits per heavy atom. The number of nitrogens with zero attached hydrogens (tertiary/aromatic N) is 1. The van der Waals surface area contributed by atoms with E-state index in [1.54, 1.807) is 0 Å². The first kappa shape index (κ1) is 9.80. The lowest BCUT2D eigenvalue weighted by Crippen LogP contribution is -2.53. The third kappa shape index (κ3) is 1.29. The van der Waals surface area contributed by atoms with E-state index < -0.39 is 0 Å². The fourth-order valence-electron chi connectivity index (χ4n) is 5.24.